The van der Waals surface area contributed by atoms with Crippen LogP contribution >= 0.6 is 0 Å². The summed E-state index contributed by atoms with van der Waals surface area (Å²) in [7, 11) is 0. The summed E-state index contributed by atoms with van der Waals surface area (Å²) in [5, 5.41) is 3.32. The highest BCUT2D eigenvalue weighted by atomic mass is 16.5. The van der Waals surface area contributed by atoms with E-state index in [1.54, 1.807) is 0 Å². The first-order valence-electron chi connectivity index (χ1n) is 6.20. The van der Waals surface area contributed by atoms with Gasteiger partial charge in [-0.3, -0.25) is 4.90 Å². The van der Waals surface area contributed by atoms with Crippen molar-refractivity contribution < 1.29 is 4.74 Å². The van der Waals surface area contributed by atoms with E-state index < -0.39 is 0 Å². The second kappa shape index (κ2) is 7.67. The topological polar surface area (TPSA) is 24.5 Å². The van der Waals surface area contributed by atoms with Crippen LogP contribution in [0.5, 0.6) is 0 Å². The number of terminal acetylenes is 1. The van der Waals surface area contributed by atoms with Crippen LogP contribution in [0.4, 0.5) is 0 Å². The lowest BCUT2D eigenvalue weighted by molar-refractivity contribution is 0.0126. The summed E-state index contributed by atoms with van der Waals surface area (Å²) >= 11 is 0. The predicted octanol–water partition coefficient (Wildman–Crippen LogP) is 0.956. The molecule has 0 amide bonds. The third-order valence-corrected chi connectivity index (χ3v) is 2.91. The first-order valence-corrected chi connectivity index (χ1v) is 6.20. The molecule has 1 saturated heterocycles. The Hall–Kier alpha value is -0.560. The lowest BCUT2D eigenvalue weighted by Crippen LogP contribution is -2.48. The molecule has 3 nitrogen and oxygen atoms in total. The van der Waals surface area contributed by atoms with Gasteiger partial charge in [-0.05, 0) is 12.3 Å². The lowest BCUT2D eigenvalue weighted by Gasteiger charge is -2.35. The average Bonchev–Trinajstić information content (AvgIpc) is 2.29. The first-order chi connectivity index (χ1) is 7.74. The number of hydrogen-bond donors (Lipinski definition) is 1. The number of morpholine rings is 1. The molecule has 0 bridgehead atoms. The summed E-state index contributed by atoms with van der Waals surface area (Å²) in [6, 6.07) is 0.595. The zero-order valence-electron chi connectivity index (χ0n) is 10.5. The fraction of sp³-hybridized carbons (Fsp3) is 0.846. The van der Waals surface area contributed by atoms with Crippen LogP contribution in [0.25, 0.3) is 0 Å². The minimum absolute atomic E-state index is 0.595. The zero-order chi connectivity index (χ0) is 11.8. The maximum atomic E-state index is 5.39. The van der Waals surface area contributed by atoms with Crippen LogP contribution in [-0.4, -0.2) is 50.3 Å². The van der Waals surface area contributed by atoms with Crippen molar-refractivity contribution in [3.63, 3.8) is 0 Å². The van der Waals surface area contributed by atoms with Gasteiger partial charge in [-0.2, -0.15) is 0 Å². The Kier molecular flexibility index (Phi) is 6.47. The maximum Gasteiger partial charge on any atom is 0.0594 e. The molecule has 1 N–H and O–H groups in total. The minimum Gasteiger partial charge on any atom is -0.379 e. The van der Waals surface area contributed by atoms with Crippen LogP contribution in [0.1, 0.15) is 20.3 Å². The van der Waals surface area contributed by atoms with Gasteiger partial charge in [0.05, 0.1) is 19.8 Å². The SMILES string of the molecule is C#CCNCC(CC(C)C)N1CCOCC1. The van der Waals surface area contributed by atoms with E-state index in [1.807, 2.05) is 0 Å². The summed E-state index contributed by atoms with van der Waals surface area (Å²) < 4.78 is 5.39. The van der Waals surface area contributed by atoms with E-state index >= 15 is 0 Å². The van der Waals surface area contributed by atoms with E-state index in [9.17, 15) is 0 Å². The highest BCUT2D eigenvalue weighted by Gasteiger charge is 2.21. The third kappa shape index (κ3) is 4.98. The molecule has 0 aromatic carbocycles. The van der Waals surface area contributed by atoms with Gasteiger partial charge in [0.1, 0.15) is 0 Å². The van der Waals surface area contributed by atoms with Gasteiger partial charge >= 0.3 is 0 Å². The fourth-order valence-electron chi connectivity index (χ4n) is 2.16. The molecular formula is C13H24N2O. The van der Waals surface area contributed by atoms with Crippen LogP contribution in [0.15, 0.2) is 0 Å². The quantitative estimate of drug-likeness (QED) is 0.537. The smallest absolute Gasteiger partial charge is 0.0594 e. The van der Waals surface area contributed by atoms with Gasteiger partial charge in [0.15, 0.2) is 0 Å². The molecule has 0 saturated carbocycles. The second-order valence-corrected chi connectivity index (χ2v) is 4.77. The van der Waals surface area contributed by atoms with E-state index in [2.05, 4.69) is 30.0 Å². The lowest BCUT2D eigenvalue weighted by atomic mass is 10.0. The Morgan fingerprint density at radius 3 is 2.62 bits per heavy atom. The standard InChI is InChI=1S/C13H24N2O/c1-4-5-14-11-13(10-12(2)3)15-6-8-16-9-7-15/h1,12-14H,5-11H2,2-3H3. The van der Waals surface area contributed by atoms with Crippen molar-refractivity contribution in [1.29, 1.82) is 0 Å². The Labute approximate surface area is 99.5 Å². The van der Waals surface area contributed by atoms with Crippen molar-refractivity contribution in [3.05, 3.63) is 0 Å². The fourth-order valence-corrected chi connectivity index (χ4v) is 2.16. The molecule has 1 heterocycles. The van der Waals surface area contributed by atoms with E-state index in [4.69, 9.17) is 11.2 Å². The molecule has 0 aromatic rings. The normalized spacial score (nSPS) is 19.6. The van der Waals surface area contributed by atoms with Gasteiger partial charge in [-0.1, -0.05) is 19.8 Å². The number of nitrogens with one attached hydrogen (secondary N) is 1. The number of hydrogen-bond acceptors (Lipinski definition) is 3. The van der Waals surface area contributed by atoms with Gasteiger partial charge in [0.25, 0.3) is 0 Å². The van der Waals surface area contributed by atoms with Crippen LogP contribution < -0.4 is 5.32 Å². The third-order valence-electron chi connectivity index (χ3n) is 2.91. The number of nitrogens with zero attached hydrogens (tertiary/aromatic N) is 1. The van der Waals surface area contributed by atoms with Crippen molar-refractivity contribution in [2.24, 2.45) is 5.92 Å². The van der Waals surface area contributed by atoms with E-state index in [-0.39, 0.29) is 0 Å². The molecule has 0 aromatic heterocycles. The summed E-state index contributed by atoms with van der Waals surface area (Å²) in [5.41, 5.74) is 0. The minimum atomic E-state index is 0.595. The molecule has 16 heavy (non-hydrogen) atoms. The van der Waals surface area contributed by atoms with Crippen LogP contribution in [-0.2, 0) is 4.74 Å². The maximum absolute atomic E-state index is 5.39. The van der Waals surface area contributed by atoms with Gasteiger partial charge in [0, 0.05) is 25.7 Å². The van der Waals surface area contributed by atoms with Crippen molar-refractivity contribution in [1.82, 2.24) is 10.2 Å². The predicted molar refractivity (Wildman–Crippen MR) is 67.3 cm³/mol. The highest BCUT2D eigenvalue weighted by molar-refractivity contribution is 4.88. The summed E-state index contributed by atoms with van der Waals surface area (Å²) in [6.45, 7) is 10.0. The van der Waals surface area contributed by atoms with E-state index in [0.29, 0.717) is 12.6 Å². The van der Waals surface area contributed by atoms with Crippen molar-refractivity contribution in [3.8, 4) is 12.3 Å². The van der Waals surface area contributed by atoms with Gasteiger partial charge in [0.2, 0.25) is 0 Å². The molecule has 1 atom stereocenters. The van der Waals surface area contributed by atoms with E-state index in [0.717, 1.165) is 38.8 Å². The number of rotatable bonds is 6. The van der Waals surface area contributed by atoms with Crippen LogP contribution in [0.2, 0.25) is 0 Å². The van der Waals surface area contributed by atoms with Gasteiger partial charge in [-0.25, -0.2) is 0 Å². The Balaban J connectivity index is 2.38. The molecule has 3 heteroatoms. The van der Waals surface area contributed by atoms with Gasteiger partial charge in [-0.15, -0.1) is 6.42 Å². The van der Waals surface area contributed by atoms with Crippen molar-refractivity contribution >= 4 is 0 Å². The van der Waals surface area contributed by atoms with Crippen LogP contribution in [0, 0.1) is 18.3 Å². The monoisotopic (exact) mass is 224 g/mol. The number of ether oxygens (including phenoxy) is 1. The molecule has 1 rings (SSSR count). The Morgan fingerprint density at radius 2 is 2.06 bits per heavy atom. The van der Waals surface area contributed by atoms with Crippen molar-refractivity contribution in [2.75, 3.05) is 39.4 Å². The molecular weight excluding hydrogens is 200 g/mol. The largest absolute Gasteiger partial charge is 0.379 e. The molecule has 0 radical (unpaired) electrons. The summed E-state index contributed by atoms with van der Waals surface area (Å²) in [6.07, 6.45) is 6.47. The average molecular weight is 224 g/mol. The molecule has 0 aliphatic carbocycles. The van der Waals surface area contributed by atoms with E-state index in [1.165, 1.54) is 6.42 Å². The molecule has 1 unspecified atom stereocenters. The molecule has 0 spiro atoms. The summed E-state index contributed by atoms with van der Waals surface area (Å²) in [5.74, 6) is 3.35. The molecule has 1 aliphatic heterocycles. The molecule has 92 valence electrons. The molecule has 1 aliphatic rings. The Bertz CT molecular complexity index is 216. The second-order valence-electron chi connectivity index (χ2n) is 4.77. The molecule has 1 fully saturated rings. The first kappa shape index (κ1) is 13.5. The van der Waals surface area contributed by atoms with Crippen LogP contribution in [0.3, 0.4) is 0 Å². The van der Waals surface area contributed by atoms with Crippen molar-refractivity contribution in [2.45, 2.75) is 26.3 Å². The summed E-state index contributed by atoms with van der Waals surface area (Å²) in [4.78, 5) is 2.52. The highest BCUT2D eigenvalue weighted by Crippen LogP contribution is 2.12. The Morgan fingerprint density at radius 1 is 1.38 bits per heavy atom. The van der Waals surface area contributed by atoms with Gasteiger partial charge < -0.3 is 10.1 Å². The zero-order valence-corrected chi connectivity index (χ0v) is 10.5.